The average Bonchev–Trinajstić information content (AvgIpc) is 2.87. The van der Waals surface area contributed by atoms with Gasteiger partial charge < -0.3 is 4.74 Å². The molecule has 0 aliphatic heterocycles. The molecule has 0 heterocycles. The van der Waals surface area contributed by atoms with Crippen molar-refractivity contribution in [3.63, 3.8) is 0 Å². The highest BCUT2D eigenvalue weighted by Gasteiger charge is 2.45. The highest BCUT2D eigenvalue weighted by Crippen LogP contribution is 2.58. The number of hydrogen-bond acceptors (Lipinski definition) is 2. The molecular formula is C29H27NOP+. The maximum Gasteiger partial charge on any atom is 0.119 e. The van der Waals surface area contributed by atoms with Crippen LogP contribution in [0.15, 0.2) is 115 Å². The summed E-state index contributed by atoms with van der Waals surface area (Å²) < 4.78 is 5.94. The molecule has 0 spiro atoms. The van der Waals surface area contributed by atoms with Gasteiger partial charge in [-0.2, -0.15) is 5.26 Å². The number of unbranched alkanes of at least 4 members (excludes halogenated alkanes) is 1. The lowest BCUT2D eigenvalue weighted by Gasteiger charge is -2.28. The van der Waals surface area contributed by atoms with Crippen LogP contribution in [0.4, 0.5) is 0 Å². The van der Waals surface area contributed by atoms with Crippen LogP contribution in [0, 0.1) is 11.3 Å². The highest BCUT2D eigenvalue weighted by molar-refractivity contribution is 7.95. The van der Waals surface area contributed by atoms with Crippen molar-refractivity contribution in [1.82, 2.24) is 0 Å². The Morgan fingerprint density at radius 2 is 1.19 bits per heavy atom. The number of nitrogens with zero attached hydrogens (tertiary/aromatic N) is 1. The Morgan fingerprint density at radius 1 is 0.656 bits per heavy atom. The molecular weight excluding hydrogens is 409 g/mol. The largest absolute Gasteiger partial charge is 0.494 e. The third-order valence-electron chi connectivity index (χ3n) is 5.61. The second-order valence-corrected chi connectivity index (χ2v) is 11.2. The summed E-state index contributed by atoms with van der Waals surface area (Å²) in [5, 5.41) is 12.9. The smallest absolute Gasteiger partial charge is 0.119 e. The minimum atomic E-state index is -1.93. The predicted molar refractivity (Wildman–Crippen MR) is 136 cm³/mol. The Kier molecular flexibility index (Phi) is 7.34. The molecule has 2 nitrogen and oxygen atoms in total. The monoisotopic (exact) mass is 436 g/mol. The van der Waals surface area contributed by atoms with E-state index in [-0.39, 0.29) is 0 Å². The van der Waals surface area contributed by atoms with Crippen LogP contribution in [0.5, 0.6) is 5.75 Å². The van der Waals surface area contributed by atoms with Gasteiger partial charge in [-0.3, -0.25) is 0 Å². The third kappa shape index (κ3) is 4.91. The Balaban J connectivity index is 1.80. The van der Waals surface area contributed by atoms with Crippen LogP contribution in [-0.4, -0.2) is 6.61 Å². The van der Waals surface area contributed by atoms with E-state index in [0.717, 1.165) is 18.3 Å². The molecule has 0 radical (unpaired) electrons. The first-order chi connectivity index (χ1) is 15.8. The van der Waals surface area contributed by atoms with E-state index in [9.17, 15) is 0 Å². The van der Waals surface area contributed by atoms with Gasteiger partial charge in [0.25, 0.3) is 0 Å². The molecule has 4 rings (SSSR count). The minimum absolute atomic E-state index is 0.518. The van der Waals surface area contributed by atoms with Crippen molar-refractivity contribution in [3.8, 4) is 11.8 Å². The van der Waals surface area contributed by atoms with Crippen LogP contribution < -0.4 is 20.7 Å². The Labute approximate surface area is 191 Å². The van der Waals surface area contributed by atoms with E-state index < -0.39 is 7.26 Å². The fraction of sp³-hybridized carbons (Fsp3) is 0.138. The second-order valence-electron chi connectivity index (χ2n) is 7.73. The summed E-state index contributed by atoms with van der Waals surface area (Å²) in [5.74, 6) is 0.868. The molecule has 0 atom stereocenters. The van der Waals surface area contributed by atoms with Crippen LogP contribution in [-0.2, 0) is 6.16 Å². The van der Waals surface area contributed by atoms with Gasteiger partial charge in [-0.25, -0.2) is 0 Å². The quantitative estimate of drug-likeness (QED) is 0.243. The van der Waals surface area contributed by atoms with Crippen molar-refractivity contribution >= 4 is 23.2 Å². The summed E-state index contributed by atoms with van der Waals surface area (Å²) in [7, 11) is -1.93. The summed E-state index contributed by atoms with van der Waals surface area (Å²) in [6, 6.07) is 43.4. The molecule has 0 saturated carbocycles. The lowest BCUT2D eigenvalue weighted by atomic mass is 10.2. The molecule has 3 heteroatoms. The summed E-state index contributed by atoms with van der Waals surface area (Å²) in [6.45, 7) is 0.563. The maximum atomic E-state index is 8.76. The first kappa shape index (κ1) is 21.8. The SMILES string of the molecule is N#CCCCOc1cccc(C[P+](c2ccccc2)(c2ccccc2)c2ccccc2)c1. The third-order valence-corrected chi connectivity index (χ3v) is 9.99. The standard InChI is InChI=1S/C29H27NOP/c30-21-10-11-22-31-26-14-12-13-25(23-26)24-32(27-15-4-1-5-16-27,28-17-6-2-7-18-28)29-19-8-3-9-20-29/h1-9,12-20,23H,10-11,22,24H2/q+1. The van der Waals surface area contributed by atoms with E-state index >= 15 is 0 Å². The molecule has 158 valence electrons. The van der Waals surface area contributed by atoms with E-state index in [1.807, 2.05) is 6.07 Å². The zero-order valence-corrected chi connectivity index (χ0v) is 19.0. The van der Waals surface area contributed by atoms with Gasteiger partial charge in [-0.15, -0.1) is 0 Å². The molecule has 0 aromatic heterocycles. The number of nitriles is 1. The van der Waals surface area contributed by atoms with Gasteiger partial charge in [0.15, 0.2) is 0 Å². The normalized spacial score (nSPS) is 11.0. The first-order valence-corrected chi connectivity index (χ1v) is 12.9. The molecule has 0 fully saturated rings. The van der Waals surface area contributed by atoms with Crippen molar-refractivity contribution in [2.24, 2.45) is 0 Å². The van der Waals surface area contributed by atoms with Gasteiger partial charge in [0.05, 0.1) is 18.8 Å². The maximum absolute atomic E-state index is 8.76. The van der Waals surface area contributed by atoms with Gasteiger partial charge in [0.2, 0.25) is 0 Å². The molecule has 0 bridgehead atoms. The lowest BCUT2D eigenvalue weighted by molar-refractivity contribution is 0.312. The zero-order valence-electron chi connectivity index (χ0n) is 18.1. The summed E-state index contributed by atoms with van der Waals surface area (Å²) in [5.41, 5.74) is 1.26. The number of ether oxygens (including phenoxy) is 1. The van der Waals surface area contributed by atoms with Crippen LogP contribution in [0.3, 0.4) is 0 Å². The van der Waals surface area contributed by atoms with Gasteiger partial charge in [-0.05, 0) is 60.5 Å². The molecule has 0 amide bonds. The van der Waals surface area contributed by atoms with Gasteiger partial charge in [0, 0.05) is 6.42 Å². The summed E-state index contributed by atoms with van der Waals surface area (Å²) in [4.78, 5) is 0. The average molecular weight is 437 g/mol. The Hall–Kier alpha value is -3.40. The van der Waals surface area contributed by atoms with E-state index in [4.69, 9.17) is 10.00 Å². The molecule has 0 N–H and O–H groups in total. The van der Waals surface area contributed by atoms with Crippen molar-refractivity contribution in [3.05, 3.63) is 121 Å². The number of rotatable bonds is 9. The molecule has 4 aromatic carbocycles. The molecule has 0 aliphatic carbocycles. The topological polar surface area (TPSA) is 33.0 Å². The van der Waals surface area contributed by atoms with Gasteiger partial charge >= 0.3 is 0 Å². The van der Waals surface area contributed by atoms with E-state index in [1.54, 1.807) is 0 Å². The summed E-state index contributed by atoms with van der Waals surface area (Å²) >= 11 is 0. The van der Waals surface area contributed by atoms with Gasteiger partial charge in [0.1, 0.15) is 28.9 Å². The van der Waals surface area contributed by atoms with Crippen molar-refractivity contribution in [2.45, 2.75) is 19.0 Å². The second kappa shape index (κ2) is 10.8. The molecule has 32 heavy (non-hydrogen) atoms. The Bertz CT molecular complexity index is 1060. The van der Waals surface area contributed by atoms with Crippen molar-refractivity contribution in [2.75, 3.05) is 6.61 Å². The van der Waals surface area contributed by atoms with Crippen LogP contribution in [0.2, 0.25) is 0 Å². The van der Waals surface area contributed by atoms with E-state index in [1.165, 1.54) is 21.5 Å². The minimum Gasteiger partial charge on any atom is -0.494 e. The van der Waals surface area contributed by atoms with Crippen molar-refractivity contribution < 1.29 is 4.74 Å². The van der Waals surface area contributed by atoms with E-state index in [0.29, 0.717) is 13.0 Å². The van der Waals surface area contributed by atoms with Crippen molar-refractivity contribution in [1.29, 1.82) is 5.26 Å². The predicted octanol–water partition coefficient (Wildman–Crippen LogP) is 5.86. The zero-order chi connectivity index (χ0) is 22.1. The number of benzene rings is 4. The van der Waals surface area contributed by atoms with Crippen LogP contribution >= 0.6 is 7.26 Å². The lowest BCUT2D eigenvalue weighted by Crippen LogP contribution is -2.32. The molecule has 0 aliphatic rings. The van der Waals surface area contributed by atoms with Crippen LogP contribution in [0.1, 0.15) is 18.4 Å². The summed E-state index contributed by atoms with van der Waals surface area (Å²) in [6.07, 6.45) is 2.18. The first-order valence-electron chi connectivity index (χ1n) is 11.0. The molecule has 4 aromatic rings. The Morgan fingerprint density at radius 3 is 1.69 bits per heavy atom. The fourth-order valence-electron chi connectivity index (χ4n) is 4.12. The fourth-order valence-corrected chi connectivity index (χ4v) is 8.35. The van der Waals surface area contributed by atoms with E-state index in [2.05, 4.69) is 115 Å². The van der Waals surface area contributed by atoms with Crippen LogP contribution in [0.25, 0.3) is 0 Å². The van der Waals surface area contributed by atoms with Gasteiger partial charge in [-0.1, -0.05) is 66.7 Å². The number of hydrogen-bond donors (Lipinski definition) is 0. The molecule has 0 unspecified atom stereocenters. The highest BCUT2D eigenvalue weighted by atomic mass is 31.2. The molecule has 0 saturated heterocycles.